The number of nitrogens with zero attached hydrogens (tertiary/aromatic N) is 1. The fourth-order valence-electron chi connectivity index (χ4n) is 2.63. The lowest BCUT2D eigenvalue weighted by Crippen LogP contribution is -2.21. The van der Waals surface area contributed by atoms with Crippen LogP contribution in [0.1, 0.15) is 25.7 Å². The third-order valence-electron chi connectivity index (χ3n) is 3.95. The number of anilines is 2. The molecular weight excluding hydrogens is 418 g/mol. The largest absolute Gasteiger partial charge is 0.477 e. The van der Waals surface area contributed by atoms with Crippen molar-refractivity contribution in [3.63, 3.8) is 0 Å². The maximum absolute atomic E-state index is 12.1. The van der Waals surface area contributed by atoms with Gasteiger partial charge < -0.3 is 5.11 Å². The third kappa shape index (κ3) is 4.51. The van der Waals surface area contributed by atoms with E-state index < -0.39 is 17.2 Å². The van der Waals surface area contributed by atoms with Gasteiger partial charge in [-0.15, -0.1) is 11.3 Å². The molecule has 1 aromatic heterocycles. The van der Waals surface area contributed by atoms with Crippen LogP contribution in [0.4, 0.5) is 11.4 Å². The Kier molecular flexibility index (Phi) is 6.31. The van der Waals surface area contributed by atoms with E-state index in [1.807, 2.05) is 24.3 Å². The van der Waals surface area contributed by atoms with Crippen molar-refractivity contribution in [3.8, 4) is 0 Å². The predicted octanol–water partition coefficient (Wildman–Crippen LogP) is 5.85. The number of aryl methyl sites for hydroxylation is 1. The van der Waals surface area contributed by atoms with E-state index in [9.17, 15) is 18.7 Å². The zero-order valence-electron chi connectivity index (χ0n) is 14.7. The fraction of sp³-hybridized carbons (Fsp3) is 0.0500. The second-order valence-corrected chi connectivity index (χ2v) is 8.21. The molecule has 28 heavy (non-hydrogen) atoms. The van der Waals surface area contributed by atoms with E-state index in [4.69, 9.17) is 11.6 Å². The maximum atomic E-state index is 12.1. The minimum atomic E-state index is -2.43. The molecule has 3 rings (SSSR count). The maximum Gasteiger partial charge on any atom is 0.348 e. The summed E-state index contributed by atoms with van der Waals surface area (Å²) in [5.74, 6) is -1.16. The molecule has 0 bridgehead atoms. The summed E-state index contributed by atoms with van der Waals surface area (Å²) in [5.41, 5.74) is 2.30. The molecule has 1 heterocycles. The van der Waals surface area contributed by atoms with E-state index >= 15 is 0 Å². The van der Waals surface area contributed by atoms with Crippen molar-refractivity contribution in [1.82, 2.24) is 0 Å². The summed E-state index contributed by atoms with van der Waals surface area (Å²) in [6.45, 7) is 1.79. The first-order valence-electron chi connectivity index (χ1n) is 8.14. The van der Waals surface area contributed by atoms with Gasteiger partial charge in [0.2, 0.25) is 0 Å². The van der Waals surface area contributed by atoms with Crippen molar-refractivity contribution in [1.29, 1.82) is 0 Å². The molecule has 0 saturated carbocycles. The number of thiophene rings is 1. The number of rotatable bonds is 6. The van der Waals surface area contributed by atoms with E-state index in [0.717, 1.165) is 26.8 Å². The van der Waals surface area contributed by atoms with E-state index in [0.29, 0.717) is 15.6 Å². The molecular formula is C20H16ClNO4S2. The smallest absolute Gasteiger partial charge is 0.348 e. The SMILES string of the molecule is Cc1ccccc1N(c1cc(C=Cc2ccc(Cl)cc2)sc1C(=O)O)S(=O)O. The van der Waals surface area contributed by atoms with Crippen molar-refractivity contribution >= 4 is 63.7 Å². The molecule has 0 aliphatic rings. The fourth-order valence-corrected chi connectivity index (χ4v) is 4.38. The van der Waals surface area contributed by atoms with Crippen LogP contribution < -0.4 is 4.31 Å². The Bertz CT molecular complexity index is 1060. The van der Waals surface area contributed by atoms with Crippen LogP contribution in [-0.4, -0.2) is 19.8 Å². The highest BCUT2D eigenvalue weighted by Gasteiger charge is 2.25. The summed E-state index contributed by atoms with van der Waals surface area (Å²) in [6, 6.07) is 15.8. The number of para-hydroxylation sites is 1. The average Bonchev–Trinajstić information content (AvgIpc) is 3.07. The Hall–Kier alpha value is -2.45. The summed E-state index contributed by atoms with van der Waals surface area (Å²) >= 11 is 4.48. The van der Waals surface area contributed by atoms with Gasteiger partial charge in [-0.1, -0.05) is 48.0 Å². The lowest BCUT2D eigenvalue weighted by Gasteiger charge is -2.21. The average molecular weight is 434 g/mol. The lowest BCUT2D eigenvalue weighted by molar-refractivity contribution is 0.0703. The number of benzene rings is 2. The van der Waals surface area contributed by atoms with Gasteiger partial charge in [-0.05, 0) is 48.4 Å². The first-order valence-corrected chi connectivity index (χ1v) is 10.4. The van der Waals surface area contributed by atoms with Crippen LogP contribution in [-0.2, 0) is 11.3 Å². The monoisotopic (exact) mass is 433 g/mol. The van der Waals surface area contributed by atoms with Gasteiger partial charge in [0.1, 0.15) is 4.88 Å². The van der Waals surface area contributed by atoms with Gasteiger partial charge in [0.15, 0.2) is 0 Å². The van der Waals surface area contributed by atoms with Crippen LogP contribution in [0.2, 0.25) is 5.02 Å². The number of halogens is 1. The van der Waals surface area contributed by atoms with E-state index in [2.05, 4.69) is 0 Å². The summed E-state index contributed by atoms with van der Waals surface area (Å²) in [4.78, 5) is 12.4. The van der Waals surface area contributed by atoms with Crippen LogP contribution in [0.3, 0.4) is 0 Å². The van der Waals surface area contributed by atoms with Gasteiger partial charge in [-0.2, -0.15) is 0 Å². The minimum absolute atomic E-state index is 0.0126. The number of carbonyl (C=O) groups is 1. The normalized spacial score (nSPS) is 12.2. The summed E-state index contributed by atoms with van der Waals surface area (Å²) in [7, 11) is 0. The lowest BCUT2D eigenvalue weighted by atomic mass is 10.2. The molecule has 1 atom stereocenters. The molecule has 0 spiro atoms. The molecule has 0 amide bonds. The molecule has 1 unspecified atom stereocenters. The molecule has 0 radical (unpaired) electrons. The van der Waals surface area contributed by atoms with E-state index in [1.165, 1.54) is 0 Å². The molecule has 8 heteroatoms. The van der Waals surface area contributed by atoms with Crippen LogP contribution in [0.5, 0.6) is 0 Å². The number of carboxylic acids is 1. The molecule has 144 valence electrons. The van der Waals surface area contributed by atoms with Crippen molar-refractivity contribution in [2.75, 3.05) is 4.31 Å². The van der Waals surface area contributed by atoms with E-state index in [1.54, 1.807) is 49.4 Å². The predicted molar refractivity (Wildman–Crippen MR) is 116 cm³/mol. The molecule has 5 nitrogen and oxygen atoms in total. The number of carboxylic acid groups (broad SMARTS) is 1. The number of hydrogen-bond donors (Lipinski definition) is 2. The highest BCUT2D eigenvalue weighted by Crippen LogP contribution is 2.38. The first kappa shape index (κ1) is 20.3. The Morgan fingerprint density at radius 2 is 1.79 bits per heavy atom. The van der Waals surface area contributed by atoms with Crippen molar-refractivity contribution < 1.29 is 18.7 Å². The summed E-state index contributed by atoms with van der Waals surface area (Å²) in [5, 5.41) is 10.2. The molecule has 2 aromatic carbocycles. The molecule has 0 fully saturated rings. The molecule has 3 aromatic rings. The highest BCUT2D eigenvalue weighted by atomic mass is 35.5. The van der Waals surface area contributed by atoms with Crippen molar-refractivity contribution in [2.45, 2.75) is 6.92 Å². The first-order chi connectivity index (χ1) is 13.4. The minimum Gasteiger partial charge on any atom is -0.477 e. The van der Waals surface area contributed by atoms with Gasteiger partial charge in [-0.3, -0.25) is 4.55 Å². The second-order valence-electron chi connectivity index (χ2n) is 5.86. The Morgan fingerprint density at radius 1 is 1.11 bits per heavy atom. The Labute approximate surface area is 173 Å². The quantitative estimate of drug-likeness (QED) is 0.478. The zero-order chi connectivity index (χ0) is 20.3. The van der Waals surface area contributed by atoms with Crippen LogP contribution >= 0.6 is 22.9 Å². The van der Waals surface area contributed by atoms with Crippen molar-refractivity contribution in [2.24, 2.45) is 0 Å². The van der Waals surface area contributed by atoms with Crippen LogP contribution in [0.15, 0.2) is 54.6 Å². The Balaban J connectivity index is 2.04. The van der Waals surface area contributed by atoms with Crippen LogP contribution in [0, 0.1) is 6.92 Å². The molecule has 2 N–H and O–H groups in total. The van der Waals surface area contributed by atoms with Crippen LogP contribution in [0.25, 0.3) is 12.2 Å². The summed E-state index contributed by atoms with van der Waals surface area (Å²) in [6.07, 6.45) is 3.59. The van der Waals surface area contributed by atoms with Gasteiger partial charge in [0, 0.05) is 9.90 Å². The topological polar surface area (TPSA) is 77.8 Å². The summed E-state index contributed by atoms with van der Waals surface area (Å²) < 4.78 is 23.1. The standard InChI is InChI=1S/C20H16ClNO4S2/c1-13-4-2-3-5-17(13)22(28(25)26)18-12-16(27-19(18)20(23)24)11-8-14-6-9-15(21)10-7-14/h2-12H,1H3,(H,23,24)(H,25,26). The molecule has 0 aliphatic heterocycles. The number of hydrogen-bond acceptors (Lipinski definition) is 3. The zero-order valence-corrected chi connectivity index (χ0v) is 17.1. The molecule has 0 saturated heterocycles. The van der Waals surface area contributed by atoms with Gasteiger partial charge >= 0.3 is 5.97 Å². The highest BCUT2D eigenvalue weighted by molar-refractivity contribution is 7.81. The van der Waals surface area contributed by atoms with Gasteiger partial charge in [0.25, 0.3) is 11.3 Å². The third-order valence-corrected chi connectivity index (χ3v) is 5.98. The van der Waals surface area contributed by atoms with Gasteiger partial charge in [-0.25, -0.2) is 13.3 Å². The van der Waals surface area contributed by atoms with Gasteiger partial charge in [0.05, 0.1) is 11.4 Å². The molecule has 0 aliphatic carbocycles. The van der Waals surface area contributed by atoms with Crippen molar-refractivity contribution in [3.05, 3.63) is 80.5 Å². The number of aromatic carboxylic acids is 1. The second kappa shape index (κ2) is 8.70. The van der Waals surface area contributed by atoms with E-state index in [-0.39, 0.29) is 10.6 Å². The Morgan fingerprint density at radius 3 is 2.39 bits per heavy atom.